The summed E-state index contributed by atoms with van der Waals surface area (Å²) in [4.78, 5) is 84.2. The number of piperazine rings is 1. The van der Waals surface area contributed by atoms with E-state index in [-0.39, 0.29) is 74.3 Å². The number of ether oxygens (including phenoxy) is 2. The number of pyridine rings is 1. The number of amides is 7. The van der Waals surface area contributed by atoms with Gasteiger partial charge in [-0.25, -0.2) is 14.6 Å². The van der Waals surface area contributed by atoms with Crippen molar-refractivity contribution in [3.05, 3.63) is 35.5 Å². The van der Waals surface area contributed by atoms with Crippen LogP contribution < -0.4 is 20.7 Å². The van der Waals surface area contributed by atoms with Crippen molar-refractivity contribution in [1.29, 1.82) is 0 Å². The van der Waals surface area contributed by atoms with Gasteiger partial charge in [-0.05, 0) is 43.9 Å². The second-order valence-corrected chi connectivity index (χ2v) is 11.7. The molecule has 0 unspecified atom stereocenters. The van der Waals surface area contributed by atoms with Crippen LogP contribution in [0, 0.1) is 6.92 Å². The van der Waals surface area contributed by atoms with Gasteiger partial charge >= 0.3 is 12.1 Å². The first-order chi connectivity index (χ1) is 22.1. The van der Waals surface area contributed by atoms with Crippen LogP contribution in [0.25, 0.3) is 10.9 Å². The molecule has 3 N–H and O–H groups in total. The Morgan fingerprint density at radius 3 is 2.33 bits per heavy atom. The van der Waals surface area contributed by atoms with Crippen molar-refractivity contribution in [3.63, 3.8) is 0 Å². The lowest BCUT2D eigenvalue weighted by atomic mass is 9.88. The molecule has 246 valence electrons. The van der Waals surface area contributed by atoms with E-state index in [4.69, 9.17) is 9.47 Å². The highest BCUT2D eigenvalue weighted by atomic mass is 16.6. The maximum Gasteiger partial charge on any atom is 0.409 e. The largest absolute Gasteiger partial charge is 0.483 e. The highest BCUT2D eigenvalue weighted by molar-refractivity contribution is 6.07. The van der Waals surface area contributed by atoms with E-state index in [2.05, 4.69) is 20.9 Å². The number of hydrogen-bond acceptors (Lipinski definition) is 9. The second-order valence-electron chi connectivity index (χ2n) is 11.7. The number of piperidine rings is 1. The highest BCUT2D eigenvalue weighted by Gasteiger charge is 2.48. The van der Waals surface area contributed by atoms with E-state index in [0.717, 1.165) is 18.4 Å². The van der Waals surface area contributed by atoms with Crippen molar-refractivity contribution in [2.45, 2.75) is 45.1 Å². The number of urea groups is 1. The maximum absolute atomic E-state index is 13.1. The lowest BCUT2D eigenvalue weighted by molar-refractivity contribution is -0.137. The quantitative estimate of drug-likeness (QED) is 0.266. The number of unbranched alkanes of at least 4 members (excludes halogenated alkanes) is 1. The lowest BCUT2D eigenvalue weighted by Crippen LogP contribution is -2.56. The van der Waals surface area contributed by atoms with Crippen LogP contribution in [-0.4, -0.2) is 120 Å². The summed E-state index contributed by atoms with van der Waals surface area (Å²) < 4.78 is 11.2. The van der Waals surface area contributed by atoms with Crippen LogP contribution in [0.15, 0.2) is 24.3 Å². The van der Waals surface area contributed by atoms with Crippen LogP contribution in [0.4, 0.5) is 9.59 Å². The number of carbonyl (C=O) groups excluding carboxylic acids is 6. The van der Waals surface area contributed by atoms with Crippen molar-refractivity contribution in [3.8, 4) is 5.75 Å². The summed E-state index contributed by atoms with van der Waals surface area (Å²) in [5.41, 5.74) is 0.434. The molecule has 1 aromatic carbocycles. The van der Waals surface area contributed by atoms with Crippen molar-refractivity contribution in [1.82, 2.24) is 35.6 Å². The van der Waals surface area contributed by atoms with Gasteiger partial charge in [0.2, 0.25) is 5.91 Å². The van der Waals surface area contributed by atoms with Crippen LogP contribution in [0.2, 0.25) is 0 Å². The van der Waals surface area contributed by atoms with Crippen LogP contribution >= 0.6 is 0 Å². The number of fused-ring (bicyclic) bond motifs is 1. The number of aryl methyl sites for hydroxylation is 1. The van der Waals surface area contributed by atoms with Gasteiger partial charge in [0.25, 0.3) is 17.7 Å². The third-order valence-corrected chi connectivity index (χ3v) is 8.51. The molecule has 3 aliphatic rings. The normalized spacial score (nSPS) is 17.5. The Morgan fingerprint density at radius 2 is 1.65 bits per heavy atom. The number of nitrogens with one attached hydrogen (secondary N) is 3. The van der Waals surface area contributed by atoms with Gasteiger partial charge in [0, 0.05) is 50.7 Å². The van der Waals surface area contributed by atoms with Gasteiger partial charge in [0.05, 0.1) is 18.7 Å². The number of benzene rings is 1. The molecule has 3 aliphatic heterocycles. The van der Waals surface area contributed by atoms with Crippen LogP contribution in [0.1, 0.15) is 48.7 Å². The topological polar surface area (TPSA) is 180 Å². The van der Waals surface area contributed by atoms with Gasteiger partial charge in [-0.15, -0.1) is 0 Å². The molecule has 15 heteroatoms. The molecule has 3 saturated heterocycles. The molecule has 0 atom stereocenters. The van der Waals surface area contributed by atoms with E-state index in [1.807, 2.05) is 19.9 Å². The standard InChI is InChI=1S/C31H39N7O8/c1-3-4-15-45-30(44)38-13-11-37(12-14-38)25(39)18-32-27(41)23-17-24(21-6-5-20(2)16-22(21)33-23)46-19-26(40)36-9-7-31(8-10-36)28(42)34-29(43)35-31/h5-6,16-17H,3-4,7-15,18-19H2,1-2H3,(H,32,41)(H2,34,35,42,43). The summed E-state index contributed by atoms with van der Waals surface area (Å²) in [6.45, 7) is 5.60. The van der Waals surface area contributed by atoms with Crippen LogP contribution in [0.5, 0.6) is 5.75 Å². The van der Waals surface area contributed by atoms with Gasteiger partial charge in [-0.3, -0.25) is 24.5 Å². The van der Waals surface area contributed by atoms with Gasteiger partial charge in [-0.2, -0.15) is 0 Å². The zero-order valence-electron chi connectivity index (χ0n) is 26.1. The highest BCUT2D eigenvalue weighted by Crippen LogP contribution is 2.28. The fourth-order valence-corrected chi connectivity index (χ4v) is 5.68. The fourth-order valence-electron chi connectivity index (χ4n) is 5.68. The molecule has 7 amide bonds. The second kappa shape index (κ2) is 14.0. The third kappa shape index (κ3) is 7.29. The molecule has 1 aromatic heterocycles. The maximum atomic E-state index is 13.1. The zero-order chi connectivity index (χ0) is 32.8. The van der Waals surface area contributed by atoms with E-state index in [9.17, 15) is 28.8 Å². The Kier molecular flexibility index (Phi) is 9.87. The van der Waals surface area contributed by atoms with E-state index in [0.29, 0.717) is 43.7 Å². The summed E-state index contributed by atoms with van der Waals surface area (Å²) >= 11 is 0. The number of nitrogens with zero attached hydrogens (tertiary/aromatic N) is 4. The van der Waals surface area contributed by atoms with Crippen LogP contribution in [0.3, 0.4) is 0 Å². The van der Waals surface area contributed by atoms with Crippen molar-refractivity contribution in [2.24, 2.45) is 0 Å². The Morgan fingerprint density at radius 1 is 0.957 bits per heavy atom. The smallest absolute Gasteiger partial charge is 0.409 e. The third-order valence-electron chi connectivity index (χ3n) is 8.51. The number of hydrogen-bond donors (Lipinski definition) is 3. The molecular formula is C31H39N7O8. The fraction of sp³-hybridized carbons (Fsp3) is 0.516. The molecule has 46 heavy (non-hydrogen) atoms. The molecule has 0 radical (unpaired) electrons. The summed E-state index contributed by atoms with van der Waals surface area (Å²) in [6.07, 6.45) is 1.92. The van der Waals surface area contributed by atoms with Gasteiger partial charge in [0.15, 0.2) is 6.61 Å². The first kappa shape index (κ1) is 32.4. The number of imide groups is 1. The average Bonchev–Trinajstić information content (AvgIpc) is 3.33. The van der Waals surface area contributed by atoms with E-state index in [1.54, 1.807) is 26.8 Å². The Labute approximate surface area is 265 Å². The van der Waals surface area contributed by atoms with E-state index in [1.165, 1.54) is 6.07 Å². The molecule has 15 nitrogen and oxygen atoms in total. The zero-order valence-corrected chi connectivity index (χ0v) is 26.1. The SMILES string of the molecule is CCCCOC(=O)N1CCN(C(=O)CNC(=O)c2cc(OCC(=O)N3CCC4(CC3)NC(=O)NC4=O)c3ccc(C)cc3n2)CC1. The van der Waals surface area contributed by atoms with Crippen molar-refractivity contribution >= 4 is 46.7 Å². The van der Waals surface area contributed by atoms with Gasteiger partial charge < -0.3 is 34.8 Å². The number of rotatable bonds is 9. The summed E-state index contributed by atoms with van der Waals surface area (Å²) in [5, 5.41) is 8.16. The first-order valence-electron chi connectivity index (χ1n) is 15.5. The average molecular weight is 638 g/mol. The molecule has 5 rings (SSSR count). The van der Waals surface area contributed by atoms with Crippen molar-refractivity contribution < 1.29 is 38.2 Å². The molecule has 0 saturated carbocycles. The number of aromatic nitrogens is 1. The van der Waals surface area contributed by atoms with E-state index < -0.39 is 17.5 Å². The Hall–Kier alpha value is -4.95. The van der Waals surface area contributed by atoms with E-state index >= 15 is 0 Å². The molecule has 4 heterocycles. The minimum atomic E-state index is -0.992. The van der Waals surface area contributed by atoms with Crippen molar-refractivity contribution in [2.75, 3.05) is 59.0 Å². The molecule has 0 bridgehead atoms. The molecule has 1 spiro atoms. The monoisotopic (exact) mass is 637 g/mol. The van der Waals surface area contributed by atoms with Gasteiger partial charge in [-0.1, -0.05) is 19.4 Å². The van der Waals surface area contributed by atoms with Gasteiger partial charge in [0.1, 0.15) is 17.0 Å². The number of carbonyl (C=O) groups is 6. The Balaban J connectivity index is 1.16. The molecule has 0 aliphatic carbocycles. The first-order valence-corrected chi connectivity index (χ1v) is 15.5. The summed E-state index contributed by atoms with van der Waals surface area (Å²) in [7, 11) is 0. The predicted octanol–water partition coefficient (Wildman–Crippen LogP) is 0.933. The summed E-state index contributed by atoms with van der Waals surface area (Å²) in [5.74, 6) is -1.27. The molecule has 3 fully saturated rings. The van der Waals surface area contributed by atoms with Crippen LogP contribution in [-0.2, 0) is 19.1 Å². The minimum Gasteiger partial charge on any atom is -0.483 e. The summed E-state index contributed by atoms with van der Waals surface area (Å²) in [6, 6.07) is 6.37. The number of likely N-dealkylation sites (tertiary alicyclic amines) is 1. The molecule has 2 aromatic rings. The predicted molar refractivity (Wildman–Crippen MR) is 164 cm³/mol. The molecular weight excluding hydrogens is 598 g/mol. The minimum absolute atomic E-state index is 0.0240. The lowest BCUT2D eigenvalue weighted by Gasteiger charge is -2.36. The Bertz CT molecular complexity index is 1530.